The summed E-state index contributed by atoms with van der Waals surface area (Å²) in [5.41, 5.74) is 8.96. The Morgan fingerprint density at radius 2 is 2.00 bits per heavy atom. The first-order chi connectivity index (χ1) is 9.58. The van der Waals surface area contributed by atoms with E-state index >= 15 is 0 Å². The van der Waals surface area contributed by atoms with Gasteiger partial charge in [-0.15, -0.1) is 11.8 Å². The molecule has 2 aliphatic rings. The van der Waals surface area contributed by atoms with Crippen molar-refractivity contribution in [1.29, 1.82) is 0 Å². The van der Waals surface area contributed by atoms with Crippen LogP contribution in [-0.4, -0.2) is 30.3 Å². The highest BCUT2D eigenvalue weighted by Crippen LogP contribution is 2.42. The summed E-state index contributed by atoms with van der Waals surface area (Å²) in [6.45, 7) is 5.73. The van der Waals surface area contributed by atoms with Gasteiger partial charge in [-0.05, 0) is 31.9 Å². The fourth-order valence-electron chi connectivity index (χ4n) is 3.12. The maximum Gasteiger partial charge on any atom is 0.169 e. The molecular weight excluding hydrogens is 270 g/mol. The fourth-order valence-corrected chi connectivity index (χ4v) is 4.48. The van der Waals surface area contributed by atoms with E-state index in [2.05, 4.69) is 32.0 Å². The third-order valence-corrected chi connectivity index (χ3v) is 5.80. The number of rotatable bonds is 2. The minimum atomic E-state index is -0.355. The van der Waals surface area contributed by atoms with Crippen LogP contribution in [0.15, 0.2) is 23.1 Å². The molecule has 1 aliphatic heterocycles. The van der Waals surface area contributed by atoms with Crippen molar-refractivity contribution in [1.82, 2.24) is 0 Å². The second-order valence-corrected chi connectivity index (χ2v) is 7.22. The molecule has 0 radical (unpaired) electrons. The average Bonchev–Trinajstić information content (AvgIpc) is 2.86. The average molecular weight is 293 g/mol. The van der Waals surface area contributed by atoms with Gasteiger partial charge in [0.25, 0.3) is 0 Å². The molecule has 1 aromatic rings. The smallest absolute Gasteiger partial charge is 0.169 e. The number of hydrogen-bond acceptors (Lipinski definition) is 4. The summed E-state index contributed by atoms with van der Waals surface area (Å²) in [6.07, 6.45) is 2.80. The van der Waals surface area contributed by atoms with Gasteiger partial charge in [-0.1, -0.05) is 17.7 Å². The summed E-state index contributed by atoms with van der Waals surface area (Å²) in [5, 5.41) is 0.364. The minimum Gasteiger partial charge on any atom is -0.347 e. The van der Waals surface area contributed by atoms with Crippen LogP contribution in [0.5, 0.6) is 0 Å². The van der Waals surface area contributed by atoms with E-state index in [1.165, 1.54) is 16.0 Å². The molecule has 1 spiro atoms. The monoisotopic (exact) mass is 293 g/mol. The van der Waals surface area contributed by atoms with E-state index in [9.17, 15) is 0 Å². The zero-order valence-electron chi connectivity index (χ0n) is 12.2. The molecule has 3 nitrogen and oxygen atoms in total. The summed E-state index contributed by atoms with van der Waals surface area (Å²) in [7, 11) is 0. The van der Waals surface area contributed by atoms with Gasteiger partial charge in [0.05, 0.1) is 13.2 Å². The first kappa shape index (κ1) is 14.4. The Labute approximate surface area is 125 Å². The van der Waals surface area contributed by atoms with E-state index in [0.717, 1.165) is 32.5 Å². The number of benzene rings is 1. The van der Waals surface area contributed by atoms with Crippen LogP contribution in [0.25, 0.3) is 0 Å². The Morgan fingerprint density at radius 3 is 2.70 bits per heavy atom. The van der Waals surface area contributed by atoms with E-state index in [0.29, 0.717) is 5.25 Å². The number of aryl methyl sites for hydroxylation is 2. The van der Waals surface area contributed by atoms with E-state index in [4.69, 9.17) is 15.2 Å². The quantitative estimate of drug-likeness (QED) is 0.910. The molecule has 3 rings (SSSR count). The van der Waals surface area contributed by atoms with E-state index in [-0.39, 0.29) is 11.8 Å². The van der Waals surface area contributed by atoms with Gasteiger partial charge in [-0.25, -0.2) is 0 Å². The maximum absolute atomic E-state index is 6.33. The van der Waals surface area contributed by atoms with Gasteiger partial charge in [0.2, 0.25) is 0 Å². The van der Waals surface area contributed by atoms with Crippen molar-refractivity contribution in [3.05, 3.63) is 29.3 Å². The third kappa shape index (κ3) is 2.89. The maximum atomic E-state index is 6.33. The van der Waals surface area contributed by atoms with Crippen molar-refractivity contribution < 1.29 is 9.47 Å². The van der Waals surface area contributed by atoms with Gasteiger partial charge >= 0.3 is 0 Å². The molecule has 4 heteroatoms. The van der Waals surface area contributed by atoms with E-state index < -0.39 is 0 Å². The summed E-state index contributed by atoms with van der Waals surface area (Å²) in [5.74, 6) is -0.355. The molecule has 1 aromatic carbocycles. The summed E-state index contributed by atoms with van der Waals surface area (Å²) in [4.78, 5) is 1.33. The molecule has 110 valence electrons. The van der Waals surface area contributed by atoms with Crippen molar-refractivity contribution in [2.24, 2.45) is 5.73 Å². The summed E-state index contributed by atoms with van der Waals surface area (Å²) in [6, 6.07) is 6.83. The molecule has 1 saturated heterocycles. The highest BCUT2D eigenvalue weighted by molar-refractivity contribution is 8.00. The van der Waals surface area contributed by atoms with Gasteiger partial charge in [0.1, 0.15) is 0 Å². The zero-order valence-corrected chi connectivity index (χ0v) is 13.0. The van der Waals surface area contributed by atoms with Crippen molar-refractivity contribution in [2.45, 2.75) is 55.1 Å². The zero-order chi connectivity index (χ0) is 14.2. The van der Waals surface area contributed by atoms with Crippen molar-refractivity contribution in [3.63, 3.8) is 0 Å². The Balaban J connectivity index is 1.74. The molecule has 20 heavy (non-hydrogen) atoms. The predicted octanol–water partition coefficient (Wildman–Crippen LogP) is 3.02. The van der Waals surface area contributed by atoms with Gasteiger partial charge in [0, 0.05) is 29.0 Å². The Bertz CT molecular complexity index is 485. The third-order valence-electron chi connectivity index (χ3n) is 4.27. The molecule has 0 bridgehead atoms. The standard InChI is InChI=1S/C16H23NO2S/c1-11-3-4-14(12(2)9-11)20-15-10-16(6-5-13(15)17)18-7-8-19-16/h3-4,9,13,15H,5-8,10,17H2,1-2H3. The van der Waals surface area contributed by atoms with Crippen molar-refractivity contribution in [2.75, 3.05) is 13.2 Å². The molecule has 1 saturated carbocycles. The number of ether oxygens (including phenoxy) is 2. The molecule has 2 unspecified atom stereocenters. The molecule has 0 aromatic heterocycles. The van der Waals surface area contributed by atoms with Crippen LogP contribution in [0.4, 0.5) is 0 Å². The Hall–Kier alpha value is -0.550. The van der Waals surface area contributed by atoms with Crippen LogP contribution in [0, 0.1) is 13.8 Å². The van der Waals surface area contributed by atoms with E-state index in [1.54, 1.807) is 0 Å². The van der Waals surface area contributed by atoms with Crippen molar-refractivity contribution >= 4 is 11.8 Å². The van der Waals surface area contributed by atoms with E-state index in [1.807, 2.05) is 11.8 Å². The van der Waals surface area contributed by atoms with Crippen LogP contribution in [0.2, 0.25) is 0 Å². The SMILES string of the molecule is Cc1ccc(SC2CC3(CCC2N)OCCO3)c(C)c1. The molecular formula is C16H23NO2S. The van der Waals surface area contributed by atoms with Crippen LogP contribution >= 0.6 is 11.8 Å². The molecule has 1 heterocycles. The Kier molecular flexibility index (Phi) is 4.09. The molecule has 2 fully saturated rings. The lowest BCUT2D eigenvalue weighted by atomic mass is 9.90. The second kappa shape index (κ2) is 5.68. The van der Waals surface area contributed by atoms with Gasteiger partial charge in [-0.3, -0.25) is 0 Å². The topological polar surface area (TPSA) is 44.5 Å². The van der Waals surface area contributed by atoms with Crippen LogP contribution < -0.4 is 5.73 Å². The number of thioether (sulfide) groups is 1. The number of nitrogens with two attached hydrogens (primary N) is 1. The fraction of sp³-hybridized carbons (Fsp3) is 0.625. The lowest BCUT2D eigenvalue weighted by Gasteiger charge is -2.39. The largest absolute Gasteiger partial charge is 0.347 e. The predicted molar refractivity (Wildman–Crippen MR) is 82.0 cm³/mol. The molecule has 2 N–H and O–H groups in total. The van der Waals surface area contributed by atoms with Crippen LogP contribution in [-0.2, 0) is 9.47 Å². The normalized spacial score (nSPS) is 28.9. The van der Waals surface area contributed by atoms with Gasteiger partial charge in [0.15, 0.2) is 5.79 Å². The highest BCUT2D eigenvalue weighted by Gasteiger charge is 2.44. The first-order valence-corrected chi connectivity index (χ1v) is 8.23. The lowest BCUT2D eigenvalue weighted by molar-refractivity contribution is -0.176. The van der Waals surface area contributed by atoms with Gasteiger partial charge < -0.3 is 15.2 Å². The number of hydrogen-bond donors (Lipinski definition) is 1. The minimum absolute atomic E-state index is 0.221. The summed E-state index contributed by atoms with van der Waals surface area (Å²) >= 11 is 1.88. The first-order valence-electron chi connectivity index (χ1n) is 7.35. The van der Waals surface area contributed by atoms with Crippen LogP contribution in [0.1, 0.15) is 30.4 Å². The molecule has 2 atom stereocenters. The molecule has 0 amide bonds. The highest BCUT2D eigenvalue weighted by atomic mass is 32.2. The van der Waals surface area contributed by atoms with Gasteiger partial charge in [-0.2, -0.15) is 0 Å². The lowest BCUT2D eigenvalue weighted by Crippen LogP contribution is -2.47. The van der Waals surface area contributed by atoms with Crippen LogP contribution in [0.3, 0.4) is 0 Å². The van der Waals surface area contributed by atoms with Crippen molar-refractivity contribution in [3.8, 4) is 0 Å². The molecule has 1 aliphatic carbocycles. The summed E-state index contributed by atoms with van der Waals surface area (Å²) < 4.78 is 11.7. The Morgan fingerprint density at radius 1 is 1.25 bits per heavy atom. The second-order valence-electron chi connectivity index (χ2n) is 5.94.